The van der Waals surface area contributed by atoms with Crippen molar-refractivity contribution in [3.8, 4) is 0 Å². The summed E-state index contributed by atoms with van der Waals surface area (Å²) in [6.45, 7) is 4.11. The van der Waals surface area contributed by atoms with Crippen LogP contribution in [-0.4, -0.2) is 22.2 Å². The van der Waals surface area contributed by atoms with Crippen LogP contribution in [0.2, 0.25) is 0 Å². The molecule has 0 fully saturated rings. The SMILES string of the molecule is CCCCCCC(F)(F)C(=O)C(C)(C)O[PH](=O)O. The van der Waals surface area contributed by atoms with E-state index < -0.39 is 32.0 Å². The molecule has 0 rings (SSSR count). The second kappa shape index (κ2) is 7.31. The first-order valence-electron chi connectivity index (χ1n) is 5.98. The van der Waals surface area contributed by atoms with Crippen LogP contribution in [0.25, 0.3) is 0 Å². The van der Waals surface area contributed by atoms with Gasteiger partial charge in [-0.1, -0.05) is 26.2 Å². The summed E-state index contributed by atoms with van der Waals surface area (Å²) in [4.78, 5) is 20.2. The third-order valence-corrected chi connectivity index (χ3v) is 3.25. The maximum absolute atomic E-state index is 13.6. The lowest BCUT2D eigenvalue weighted by Crippen LogP contribution is -2.45. The zero-order valence-electron chi connectivity index (χ0n) is 11.0. The zero-order valence-corrected chi connectivity index (χ0v) is 12.0. The molecule has 1 N–H and O–H groups in total. The summed E-state index contributed by atoms with van der Waals surface area (Å²) in [5, 5.41) is 0. The van der Waals surface area contributed by atoms with Crippen LogP contribution in [-0.2, 0) is 13.9 Å². The molecule has 0 aliphatic heterocycles. The van der Waals surface area contributed by atoms with Crippen LogP contribution in [0.4, 0.5) is 8.78 Å². The Morgan fingerprint density at radius 3 is 2.28 bits per heavy atom. The van der Waals surface area contributed by atoms with E-state index in [1.54, 1.807) is 0 Å². The summed E-state index contributed by atoms with van der Waals surface area (Å²) in [6.07, 6.45) is 2.09. The van der Waals surface area contributed by atoms with Gasteiger partial charge in [0, 0.05) is 6.42 Å². The second-order valence-electron chi connectivity index (χ2n) is 4.72. The predicted molar refractivity (Wildman–Crippen MR) is 65.1 cm³/mol. The predicted octanol–water partition coefficient (Wildman–Crippen LogP) is 3.34. The Hall–Kier alpha value is -0.320. The highest BCUT2D eigenvalue weighted by molar-refractivity contribution is 7.32. The van der Waals surface area contributed by atoms with Crippen molar-refractivity contribution in [2.45, 2.75) is 64.4 Å². The number of alkyl halides is 2. The standard InChI is InChI=1S/C11H21F2O4P/c1-4-5-6-7-8-11(12,13)9(14)10(2,3)17-18(15)16/h18H,4-8H2,1-3H3,(H,15,16). The molecular formula is C11H21F2O4P. The van der Waals surface area contributed by atoms with E-state index in [9.17, 15) is 18.1 Å². The van der Waals surface area contributed by atoms with Crippen LogP contribution in [0, 0.1) is 0 Å². The van der Waals surface area contributed by atoms with Gasteiger partial charge in [0.1, 0.15) is 5.60 Å². The van der Waals surface area contributed by atoms with Crippen molar-refractivity contribution in [3.05, 3.63) is 0 Å². The lowest BCUT2D eigenvalue weighted by atomic mass is 9.94. The second-order valence-corrected chi connectivity index (χ2v) is 5.46. The molecule has 0 aliphatic carbocycles. The molecule has 1 atom stereocenters. The maximum Gasteiger partial charge on any atom is 0.317 e. The molecule has 18 heavy (non-hydrogen) atoms. The summed E-state index contributed by atoms with van der Waals surface area (Å²) < 4.78 is 42.1. The van der Waals surface area contributed by atoms with E-state index in [4.69, 9.17) is 4.89 Å². The highest BCUT2D eigenvalue weighted by Crippen LogP contribution is 2.34. The number of Topliss-reactive ketones (excluding diaryl/α,β-unsaturated/α-hetero) is 1. The summed E-state index contributed by atoms with van der Waals surface area (Å²) >= 11 is 0. The number of carbonyl (C=O) groups is 1. The Morgan fingerprint density at radius 1 is 1.28 bits per heavy atom. The first kappa shape index (κ1) is 17.7. The molecule has 0 heterocycles. The zero-order chi connectivity index (χ0) is 14.4. The van der Waals surface area contributed by atoms with Crippen LogP contribution >= 0.6 is 8.25 Å². The van der Waals surface area contributed by atoms with Gasteiger partial charge < -0.3 is 4.89 Å². The van der Waals surface area contributed by atoms with Gasteiger partial charge >= 0.3 is 14.2 Å². The highest BCUT2D eigenvalue weighted by Gasteiger charge is 2.47. The average Bonchev–Trinajstić information content (AvgIpc) is 2.21. The number of ketones is 1. The van der Waals surface area contributed by atoms with E-state index in [1.165, 1.54) is 0 Å². The van der Waals surface area contributed by atoms with Crippen LogP contribution in [0.1, 0.15) is 52.9 Å². The van der Waals surface area contributed by atoms with Gasteiger partial charge in [-0.3, -0.25) is 13.9 Å². The van der Waals surface area contributed by atoms with E-state index in [-0.39, 0.29) is 6.42 Å². The molecule has 0 aromatic carbocycles. The molecule has 0 aliphatic rings. The normalized spacial score (nSPS) is 14.6. The van der Waals surface area contributed by atoms with Crippen LogP contribution in [0.3, 0.4) is 0 Å². The average molecular weight is 286 g/mol. The fourth-order valence-electron chi connectivity index (χ4n) is 1.59. The Balaban J connectivity index is 4.48. The van der Waals surface area contributed by atoms with Gasteiger partial charge in [-0.2, -0.15) is 8.78 Å². The van der Waals surface area contributed by atoms with E-state index in [2.05, 4.69) is 4.52 Å². The topological polar surface area (TPSA) is 63.6 Å². The molecule has 0 aromatic heterocycles. The van der Waals surface area contributed by atoms with Gasteiger partial charge in [0.15, 0.2) is 0 Å². The third kappa shape index (κ3) is 6.03. The number of hydrogen-bond donors (Lipinski definition) is 1. The fraction of sp³-hybridized carbons (Fsp3) is 0.909. The van der Waals surface area contributed by atoms with Crippen molar-refractivity contribution in [1.82, 2.24) is 0 Å². The minimum absolute atomic E-state index is 0.247. The van der Waals surface area contributed by atoms with E-state index >= 15 is 0 Å². The Kier molecular flexibility index (Phi) is 7.18. The van der Waals surface area contributed by atoms with Crippen molar-refractivity contribution in [2.24, 2.45) is 0 Å². The van der Waals surface area contributed by atoms with Gasteiger partial charge in [-0.25, -0.2) is 0 Å². The quantitative estimate of drug-likeness (QED) is 0.521. The van der Waals surface area contributed by atoms with Crippen molar-refractivity contribution in [2.75, 3.05) is 0 Å². The van der Waals surface area contributed by atoms with Crippen molar-refractivity contribution in [3.63, 3.8) is 0 Å². The van der Waals surface area contributed by atoms with Gasteiger partial charge in [0.2, 0.25) is 5.78 Å². The molecular weight excluding hydrogens is 265 g/mol. The molecule has 1 unspecified atom stereocenters. The van der Waals surface area contributed by atoms with Crippen molar-refractivity contribution < 1.29 is 27.6 Å². The molecule has 0 amide bonds. The highest BCUT2D eigenvalue weighted by atomic mass is 31.1. The van der Waals surface area contributed by atoms with Gasteiger partial charge in [0.05, 0.1) is 0 Å². The molecule has 0 saturated carbocycles. The Bertz CT molecular complexity index is 305. The maximum atomic E-state index is 13.6. The summed E-state index contributed by atoms with van der Waals surface area (Å²) in [7, 11) is -3.43. The lowest BCUT2D eigenvalue weighted by molar-refractivity contribution is -0.158. The minimum atomic E-state index is -3.52. The van der Waals surface area contributed by atoms with Crippen LogP contribution in [0.5, 0.6) is 0 Å². The fourth-order valence-corrected chi connectivity index (χ4v) is 2.12. The molecule has 0 bridgehead atoms. The number of carbonyl (C=O) groups excluding carboxylic acids is 1. The Morgan fingerprint density at radius 2 is 1.83 bits per heavy atom. The molecule has 0 aromatic rings. The van der Waals surface area contributed by atoms with E-state index in [0.29, 0.717) is 6.42 Å². The lowest BCUT2D eigenvalue weighted by Gasteiger charge is -2.26. The molecule has 0 spiro atoms. The van der Waals surface area contributed by atoms with Crippen LogP contribution < -0.4 is 0 Å². The third-order valence-electron chi connectivity index (χ3n) is 2.57. The smallest absolute Gasteiger partial charge is 0.317 e. The van der Waals surface area contributed by atoms with Gasteiger partial charge in [0.25, 0.3) is 0 Å². The minimum Gasteiger partial charge on any atom is -0.326 e. The molecule has 0 radical (unpaired) electrons. The number of unbranched alkanes of at least 4 members (excludes halogenated alkanes) is 3. The van der Waals surface area contributed by atoms with Gasteiger partial charge in [-0.15, -0.1) is 0 Å². The molecule has 0 saturated heterocycles. The number of hydrogen-bond acceptors (Lipinski definition) is 3. The monoisotopic (exact) mass is 286 g/mol. The molecule has 4 nitrogen and oxygen atoms in total. The van der Waals surface area contributed by atoms with Crippen molar-refractivity contribution >= 4 is 14.0 Å². The first-order chi connectivity index (χ1) is 8.13. The van der Waals surface area contributed by atoms with Crippen molar-refractivity contribution in [1.29, 1.82) is 0 Å². The number of halogens is 2. The first-order valence-corrected chi connectivity index (χ1v) is 7.24. The summed E-state index contributed by atoms with van der Waals surface area (Å²) in [6, 6.07) is 0. The summed E-state index contributed by atoms with van der Waals surface area (Å²) in [5.74, 6) is -4.96. The molecule has 108 valence electrons. The van der Waals surface area contributed by atoms with E-state index in [1.807, 2.05) is 6.92 Å². The Labute approximate surface area is 107 Å². The molecule has 7 heteroatoms. The van der Waals surface area contributed by atoms with E-state index in [0.717, 1.165) is 26.7 Å². The van der Waals surface area contributed by atoms with Crippen LogP contribution in [0.15, 0.2) is 0 Å². The number of rotatable bonds is 9. The van der Waals surface area contributed by atoms with Gasteiger partial charge in [-0.05, 0) is 20.3 Å². The largest absolute Gasteiger partial charge is 0.326 e. The summed E-state index contributed by atoms with van der Waals surface area (Å²) in [5.41, 5.74) is -1.95.